The number of hydrogen-bond acceptors (Lipinski definition) is 9. The first-order valence-electron chi connectivity index (χ1n) is 7.74. The fourth-order valence-corrected chi connectivity index (χ4v) is 5.16. The summed E-state index contributed by atoms with van der Waals surface area (Å²) in [5.74, 6) is -0.502. The highest BCUT2D eigenvalue weighted by Gasteiger charge is 2.23. The summed E-state index contributed by atoms with van der Waals surface area (Å²) in [5, 5.41) is 13.4. The number of nitrogens with zero attached hydrogens (tertiary/aromatic N) is 3. The predicted octanol–water partition coefficient (Wildman–Crippen LogP) is 2.56. The molecular formula is C17H13N5O3S3. The summed E-state index contributed by atoms with van der Waals surface area (Å²) >= 11 is 2.10. The van der Waals surface area contributed by atoms with Crippen molar-refractivity contribution in [1.29, 1.82) is 5.26 Å². The summed E-state index contributed by atoms with van der Waals surface area (Å²) in [6.07, 6.45) is 1.15. The molecule has 2 aromatic heterocycles. The molecule has 0 saturated heterocycles. The Morgan fingerprint density at radius 2 is 2.14 bits per heavy atom. The van der Waals surface area contributed by atoms with Crippen molar-refractivity contribution in [2.24, 2.45) is 0 Å². The van der Waals surface area contributed by atoms with E-state index in [-0.39, 0.29) is 31.7 Å². The minimum absolute atomic E-state index is 0.00670. The number of nitrogens with two attached hydrogens (primary N) is 1. The van der Waals surface area contributed by atoms with Gasteiger partial charge in [0.2, 0.25) is 15.7 Å². The van der Waals surface area contributed by atoms with Gasteiger partial charge in [-0.05, 0) is 29.6 Å². The van der Waals surface area contributed by atoms with E-state index in [9.17, 15) is 13.2 Å². The van der Waals surface area contributed by atoms with Gasteiger partial charge in [0.1, 0.15) is 14.9 Å². The minimum atomic E-state index is -3.77. The number of benzene rings is 1. The molecule has 0 aliphatic carbocycles. The zero-order valence-electron chi connectivity index (χ0n) is 14.2. The largest absolute Gasteiger partial charge is 0.382 e. The van der Waals surface area contributed by atoms with Crippen molar-refractivity contribution >= 4 is 50.3 Å². The molecule has 8 nitrogen and oxygen atoms in total. The van der Waals surface area contributed by atoms with Crippen molar-refractivity contribution in [3.63, 3.8) is 0 Å². The van der Waals surface area contributed by atoms with Gasteiger partial charge >= 0.3 is 0 Å². The molecule has 0 spiro atoms. The molecule has 0 radical (unpaired) electrons. The van der Waals surface area contributed by atoms with Gasteiger partial charge in [0, 0.05) is 5.69 Å². The average Bonchev–Trinajstić information content (AvgIpc) is 3.22. The number of carbonyl (C=O) groups excluding carboxylic acids is 1. The van der Waals surface area contributed by atoms with Gasteiger partial charge in [0.15, 0.2) is 5.16 Å². The molecule has 3 aromatic rings. The lowest BCUT2D eigenvalue weighted by molar-refractivity contribution is -0.113. The number of rotatable bonds is 6. The SMILES string of the molecule is N#Cc1cccc(NC(=O)CSc2ncc(S(=O)(=O)c3cccs3)c(N)n2)c1. The highest BCUT2D eigenvalue weighted by Crippen LogP contribution is 2.28. The number of thioether (sulfide) groups is 1. The smallest absolute Gasteiger partial charge is 0.234 e. The quantitative estimate of drug-likeness (QED) is 0.448. The number of thiophene rings is 1. The van der Waals surface area contributed by atoms with Gasteiger partial charge in [0.05, 0.1) is 23.6 Å². The summed E-state index contributed by atoms with van der Waals surface area (Å²) in [7, 11) is -3.77. The van der Waals surface area contributed by atoms with E-state index in [1.54, 1.807) is 35.7 Å². The lowest BCUT2D eigenvalue weighted by Crippen LogP contribution is -2.14. The number of nitriles is 1. The van der Waals surface area contributed by atoms with Crippen molar-refractivity contribution in [2.75, 3.05) is 16.8 Å². The van der Waals surface area contributed by atoms with Gasteiger partial charge < -0.3 is 11.1 Å². The predicted molar refractivity (Wildman–Crippen MR) is 107 cm³/mol. The number of amides is 1. The summed E-state index contributed by atoms with van der Waals surface area (Å²) in [6.45, 7) is 0. The van der Waals surface area contributed by atoms with E-state index in [4.69, 9.17) is 11.0 Å². The molecule has 142 valence electrons. The molecule has 1 amide bonds. The average molecular weight is 432 g/mol. The van der Waals surface area contributed by atoms with Gasteiger partial charge in [-0.25, -0.2) is 18.4 Å². The highest BCUT2D eigenvalue weighted by molar-refractivity contribution is 7.99. The van der Waals surface area contributed by atoms with E-state index in [1.165, 1.54) is 6.07 Å². The van der Waals surface area contributed by atoms with Crippen LogP contribution in [0.15, 0.2) is 62.2 Å². The molecule has 2 heterocycles. The van der Waals surface area contributed by atoms with Crippen molar-refractivity contribution in [3.05, 3.63) is 53.5 Å². The molecular weight excluding hydrogens is 418 g/mol. The van der Waals surface area contributed by atoms with Gasteiger partial charge in [-0.1, -0.05) is 23.9 Å². The number of nitrogens with one attached hydrogen (secondary N) is 1. The van der Waals surface area contributed by atoms with Crippen molar-refractivity contribution in [3.8, 4) is 6.07 Å². The Labute approximate surface area is 169 Å². The first-order valence-corrected chi connectivity index (χ1v) is 11.1. The Hall–Kier alpha value is -2.94. The topological polar surface area (TPSA) is 139 Å². The van der Waals surface area contributed by atoms with Crippen LogP contribution in [-0.2, 0) is 14.6 Å². The van der Waals surface area contributed by atoms with Crippen LogP contribution in [0.4, 0.5) is 11.5 Å². The molecule has 0 bridgehead atoms. The van der Waals surface area contributed by atoms with Crippen LogP contribution in [-0.4, -0.2) is 30.0 Å². The number of carbonyl (C=O) groups is 1. The zero-order valence-corrected chi connectivity index (χ0v) is 16.6. The Morgan fingerprint density at radius 1 is 1.32 bits per heavy atom. The van der Waals surface area contributed by atoms with Crippen molar-refractivity contribution in [1.82, 2.24) is 9.97 Å². The van der Waals surface area contributed by atoms with Crippen LogP contribution in [0.5, 0.6) is 0 Å². The molecule has 0 aliphatic rings. The molecule has 28 heavy (non-hydrogen) atoms. The molecule has 0 unspecified atom stereocenters. The zero-order chi connectivity index (χ0) is 20.1. The van der Waals surface area contributed by atoms with Gasteiger partial charge in [-0.15, -0.1) is 11.3 Å². The second kappa shape index (κ2) is 8.39. The second-order valence-electron chi connectivity index (χ2n) is 5.37. The number of aromatic nitrogens is 2. The molecule has 1 aromatic carbocycles. The molecule has 3 rings (SSSR count). The van der Waals surface area contributed by atoms with Crippen molar-refractivity contribution in [2.45, 2.75) is 14.3 Å². The fraction of sp³-hybridized carbons (Fsp3) is 0.0588. The van der Waals surface area contributed by atoms with Crippen LogP contribution in [0.3, 0.4) is 0 Å². The van der Waals surface area contributed by atoms with Crippen LogP contribution in [0.2, 0.25) is 0 Å². The molecule has 3 N–H and O–H groups in total. The van der Waals surface area contributed by atoms with E-state index in [1.807, 2.05) is 6.07 Å². The van der Waals surface area contributed by atoms with E-state index < -0.39 is 9.84 Å². The third-order valence-electron chi connectivity index (χ3n) is 3.42. The third-order valence-corrected chi connectivity index (χ3v) is 7.45. The van der Waals surface area contributed by atoms with Crippen molar-refractivity contribution < 1.29 is 13.2 Å². The molecule has 0 aliphatic heterocycles. The van der Waals surface area contributed by atoms with Gasteiger partial charge in [-0.2, -0.15) is 5.26 Å². The van der Waals surface area contributed by atoms with Crippen LogP contribution >= 0.6 is 23.1 Å². The third kappa shape index (κ3) is 4.48. The lowest BCUT2D eigenvalue weighted by atomic mass is 10.2. The lowest BCUT2D eigenvalue weighted by Gasteiger charge is -2.07. The number of anilines is 2. The molecule has 0 atom stereocenters. The van der Waals surface area contributed by atoms with Crippen LogP contribution < -0.4 is 11.1 Å². The number of sulfone groups is 1. The first-order chi connectivity index (χ1) is 13.4. The number of nitrogen functional groups attached to an aromatic ring is 1. The fourth-order valence-electron chi connectivity index (χ4n) is 2.16. The highest BCUT2D eigenvalue weighted by atomic mass is 32.2. The maximum atomic E-state index is 12.5. The maximum absolute atomic E-state index is 12.5. The maximum Gasteiger partial charge on any atom is 0.234 e. The number of hydrogen-bond donors (Lipinski definition) is 2. The van der Waals surface area contributed by atoms with E-state index in [0.717, 1.165) is 29.3 Å². The first kappa shape index (κ1) is 19.8. The monoisotopic (exact) mass is 431 g/mol. The molecule has 0 fully saturated rings. The van der Waals surface area contributed by atoms with Crippen LogP contribution in [0.25, 0.3) is 0 Å². The molecule has 11 heteroatoms. The van der Waals surface area contributed by atoms with E-state index in [2.05, 4.69) is 15.3 Å². The summed E-state index contributed by atoms with van der Waals surface area (Å²) in [5.41, 5.74) is 6.74. The van der Waals surface area contributed by atoms with Gasteiger partial charge in [-0.3, -0.25) is 4.79 Å². The minimum Gasteiger partial charge on any atom is -0.382 e. The summed E-state index contributed by atoms with van der Waals surface area (Å²) in [6, 6.07) is 11.6. The standard InChI is InChI=1S/C17H13N5O3S3/c18-8-11-3-1-4-12(7-11)21-14(23)10-27-17-20-9-13(16(19)22-17)28(24,25)15-5-2-6-26-15/h1-7,9H,10H2,(H,21,23)(H2,19,20,22). The molecule has 0 saturated carbocycles. The Bertz CT molecular complexity index is 1160. The van der Waals surface area contributed by atoms with E-state index >= 15 is 0 Å². The Balaban J connectivity index is 1.66. The van der Waals surface area contributed by atoms with Gasteiger partial charge in [0.25, 0.3) is 0 Å². The Morgan fingerprint density at radius 3 is 2.82 bits per heavy atom. The summed E-state index contributed by atoms with van der Waals surface area (Å²) < 4.78 is 25.2. The van der Waals surface area contributed by atoms with Crippen LogP contribution in [0.1, 0.15) is 5.56 Å². The van der Waals surface area contributed by atoms with E-state index in [0.29, 0.717) is 11.3 Å². The van der Waals surface area contributed by atoms with Crippen LogP contribution in [0, 0.1) is 11.3 Å². The Kier molecular flexibility index (Phi) is 5.93. The normalized spacial score (nSPS) is 11.0. The summed E-state index contributed by atoms with van der Waals surface area (Å²) in [4.78, 5) is 19.9. The second-order valence-corrected chi connectivity index (χ2v) is 9.40.